The summed E-state index contributed by atoms with van der Waals surface area (Å²) in [5, 5.41) is 25.5. The number of hydrazone groups is 1. The van der Waals surface area contributed by atoms with Crippen LogP contribution >= 0.6 is 11.8 Å². The number of ether oxygens (including phenoxy) is 1. The number of benzene rings is 2. The van der Waals surface area contributed by atoms with Crippen LogP contribution in [-0.4, -0.2) is 44.8 Å². The van der Waals surface area contributed by atoms with Gasteiger partial charge >= 0.3 is 0 Å². The minimum absolute atomic E-state index is 0.0153. The molecule has 3 rings (SSSR count). The van der Waals surface area contributed by atoms with Crippen LogP contribution in [0.4, 0.5) is 17.3 Å². The van der Waals surface area contributed by atoms with E-state index < -0.39 is 4.92 Å². The van der Waals surface area contributed by atoms with Crippen LogP contribution in [0, 0.1) is 10.1 Å². The maximum atomic E-state index is 12.1. The van der Waals surface area contributed by atoms with Gasteiger partial charge in [0, 0.05) is 17.8 Å². The Morgan fingerprint density at radius 2 is 1.97 bits per heavy atom. The fourth-order valence-electron chi connectivity index (χ4n) is 2.30. The molecule has 0 fully saturated rings. The summed E-state index contributed by atoms with van der Waals surface area (Å²) in [5.74, 6) is 6.56. The van der Waals surface area contributed by atoms with Crippen molar-refractivity contribution in [2.75, 3.05) is 29.4 Å². The van der Waals surface area contributed by atoms with Crippen molar-refractivity contribution in [1.82, 2.24) is 14.9 Å². The first kappa shape index (κ1) is 21.6. The molecule has 160 valence electrons. The monoisotopic (exact) mass is 442 g/mol. The summed E-state index contributed by atoms with van der Waals surface area (Å²) in [4.78, 5) is 22.2. The Hall–Kier alpha value is -4.13. The van der Waals surface area contributed by atoms with Gasteiger partial charge in [-0.25, -0.2) is 10.1 Å². The Bertz CT molecular complexity index is 1080. The highest BCUT2D eigenvalue weighted by Gasteiger charge is 2.12. The molecule has 0 aliphatic carbocycles. The summed E-state index contributed by atoms with van der Waals surface area (Å²) in [6, 6.07) is 12.8. The normalized spacial score (nSPS) is 10.7. The van der Waals surface area contributed by atoms with Crippen LogP contribution in [0.15, 0.2) is 58.8 Å². The van der Waals surface area contributed by atoms with E-state index in [0.717, 1.165) is 23.1 Å². The average molecular weight is 442 g/mol. The molecule has 0 spiro atoms. The average Bonchev–Trinajstić information content (AvgIpc) is 3.12. The Balaban J connectivity index is 1.50. The predicted octanol–water partition coefficient (Wildman–Crippen LogP) is 2.09. The smallest absolute Gasteiger partial charge is 0.269 e. The third-order valence-corrected chi connectivity index (χ3v) is 4.80. The fraction of sp³-hybridized carbons (Fsp3) is 0.111. The number of nitro groups is 1. The van der Waals surface area contributed by atoms with E-state index in [1.54, 1.807) is 13.3 Å². The molecule has 13 heteroatoms. The number of amides is 1. The van der Waals surface area contributed by atoms with Crippen molar-refractivity contribution in [2.45, 2.75) is 5.16 Å². The van der Waals surface area contributed by atoms with Crippen molar-refractivity contribution in [1.29, 1.82) is 0 Å². The molecule has 0 aliphatic heterocycles. The molecule has 4 N–H and O–H groups in total. The van der Waals surface area contributed by atoms with Crippen molar-refractivity contribution < 1.29 is 14.5 Å². The van der Waals surface area contributed by atoms with Crippen LogP contribution < -0.4 is 21.3 Å². The zero-order chi connectivity index (χ0) is 22.2. The van der Waals surface area contributed by atoms with Gasteiger partial charge in [-0.3, -0.25) is 14.9 Å². The van der Waals surface area contributed by atoms with Crippen molar-refractivity contribution in [3.05, 3.63) is 64.2 Å². The quantitative estimate of drug-likeness (QED) is 0.148. The second-order valence-corrected chi connectivity index (χ2v) is 6.90. The number of non-ortho nitro benzene ring substituents is 1. The number of nitrogen functional groups attached to an aromatic ring is 1. The van der Waals surface area contributed by atoms with Crippen molar-refractivity contribution in [2.24, 2.45) is 5.10 Å². The number of nitrogens with one attached hydrogen (secondary N) is 2. The fourth-order valence-corrected chi connectivity index (χ4v) is 2.96. The molecule has 0 aliphatic rings. The SMILES string of the molecule is COc1ccc(/C=N/Nc2nnc(SCC(=O)Nc3ccc([N+](=O)[O-])cc3)n2N)cc1. The zero-order valence-corrected chi connectivity index (χ0v) is 17.1. The maximum absolute atomic E-state index is 12.1. The van der Waals surface area contributed by atoms with Crippen LogP contribution in [-0.2, 0) is 4.79 Å². The number of nitro benzene ring substituents is 1. The van der Waals surface area contributed by atoms with Crippen LogP contribution in [0.1, 0.15) is 5.56 Å². The van der Waals surface area contributed by atoms with E-state index >= 15 is 0 Å². The molecule has 0 atom stereocenters. The molecule has 0 saturated carbocycles. The molecule has 31 heavy (non-hydrogen) atoms. The third-order valence-electron chi connectivity index (χ3n) is 3.85. The molecular formula is C18H18N8O4S. The van der Waals surface area contributed by atoms with Gasteiger partial charge in [0.25, 0.3) is 11.6 Å². The Morgan fingerprint density at radius 3 is 2.61 bits per heavy atom. The van der Waals surface area contributed by atoms with Crippen molar-refractivity contribution >= 4 is 41.2 Å². The molecule has 12 nitrogen and oxygen atoms in total. The lowest BCUT2D eigenvalue weighted by Crippen LogP contribution is -2.16. The van der Waals surface area contributed by atoms with Gasteiger partial charge in [-0.15, -0.1) is 10.2 Å². The summed E-state index contributed by atoms with van der Waals surface area (Å²) in [5.41, 5.74) is 3.92. The summed E-state index contributed by atoms with van der Waals surface area (Å²) in [7, 11) is 1.59. The third kappa shape index (κ3) is 5.93. The van der Waals surface area contributed by atoms with Crippen molar-refractivity contribution in [3.63, 3.8) is 0 Å². The minimum Gasteiger partial charge on any atom is -0.497 e. The van der Waals surface area contributed by atoms with Gasteiger partial charge in [0.2, 0.25) is 11.1 Å². The predicted molar refractivity (Wildman–Crippen MR) is 117 cm³/mol. The first-order valence-electron chi connectivity index (χ1n) is 8.77. The van der Waals surface area contributed by atoms with Gasteiger partial charge in [-0.05, 0) is 42.0 Å². The molecule has 1 amide bonds. The summed E-state index contributed by atoms with van der Waals surface area (Å²) < 4.78 is 6.27. The van der Waals surface area contributed by atoms with Gasteiger partial charge < -0.3 is 15.9 Å². The van der Waals surface area contributed by atoms with Gasteiger partial charge in [0.1, 0.15) is 5.75 Å². The van der Waals surface area contributed by atoms with Gasteiger partial charge in [-0.1, -0.05) is 11.8 Å². The number of thioether (sulfide) groups is 1. The Kier molecular flexibility index (Phi) is 7.01. The number of nitrogens with zero attached hydrogens (tertiary/aromatic N) is 5. The lowest BCUT2D eigenvalue weighted by Gasteiger charge is -2.05. The van der Waals surface area contributed by atoms with Crippen LogP contribution in [0.25, 0.3) is 0 Å². The lowest BCUT2D eigenvalue weighted by atomic mass is 10.2. The van der Waals surface area contributed by atoms with Crippen LogP contribution in [0.3, 0.4) is 0 Å². The Morgan fingerprint density at radius 1 is 1.26 bits per heavy atom. The van der Waals surface area contributed by atoms with E-state index in [9.17, 15) is 14.9 Å². The van der Waals surface area contributed by atoms with E-state index in [-0.39, 0.29) is 23.3 Å². The van der Waals surface area contributed by atoms with E-state index in [1.807, 2.05) is 24.3 Å². The van der Waals surface area contributed by atoms with E-state index in [1.165, 1.54) is 28.9 Å². The van der Waals surface area contributed by atoms with E-state index in [2.05, 4.69) is 26.0 Å². The number of methoxy groups -OCH3 is 1. The first-order valence-corrected chi connectivity index (χ1v) is 9.75. The van der Waals surface area contributed by atoms with E-state index in [4.69, 9.17) is 10.6 Å². The van der Waals surface area contributed by atoms with E-state index in [0.29, 0.717) is 10.8 Å². The van der Waals surface area contributed by atoms with Gasteiger partial charge in [0.15, 0.2) is 0 Å². The van der Waals surface area contributed by atoms with Gasteiger partial charge in [0.05, 0.1) is 24.0 Å². The van der Waals surface area contributed by atoms with Gasteiger partial charge in [-0.2, -0.15) is 5.10 Å². The molecule has 1 aromatic heterocycles. The molecule has 0 unspecified atom stereocenters. The molecule has 0 saturated heterocycles. The number of hydrogen-bond donors (Lipinski definition) is 3. The number of aromatic nitrogens is 3. The number of nitrogens with two attached hydrogens (primary N) is 1. The number of carbonyl (C=O) groups is 1. The van der Waals surface area contributed by atoms with Crippen LogP contribution in [0.2, 0.25) is 0 Å². The number of anilines is 2. The second kappa shape index (κ2) is 10.1. The number of hydrogen-bond acceptors (Lipinski definition) is 10. The second-order valence-electron chi connectivity index (χ2n) is 5.96. The van der Waals surface area contributed by atoms with Crippen molar-refractivity contribution in [3.8, 4) is 5.75 Å². The minimum atomic E-state index is -0.512. The molecular weight excluding hydrogens is 424 g/mol. The largest absolute Gasteiger partial charge is 0.497 e. The molecule has 0 radical (unpaired) electrons. The Labute approximate surface area is 180 Å². The molecule has 3 aromatic rings. The maximum Gasteiger partial charge on any atom is 0.269 e. The topological polar surface area (TPSA) is 163 Å². The summed E-state index contributed by atoms with van der Waals surface area (Å²) in [6.07, 6.45) is 1.58. The molecule has 0 bridgehead atoms. The molecule has 1 heterocycles. The summed E-state index contributed by atoms with van der Waals surface area (Å²) >= 11 is 1.08. The highest BCUT2D eigenvalue weighted by Crippen LogP contribution is 2.19. The standard InChI is InChI=1S/C18H18N8O4S/c1-30-15-8-2-12(3-9-15)10-20-22-17-23-24-18(25(17)19)31-11-16(27)21-13-4-6-14(7-5-13)26(28)29/h2-10H,11,19H2,1H3,(H,21,27)(H,22,23)/b20-10+. The molecule has 2 aromatic carbocycles. The highest BCUT2D eigenvalue weighted by atomic mass is 32.2. The summed E-state index contributed by atoms with van der Waals surface area (Å²) in [6.45, 7) is 0. The highest BCUT2D eigenvalue weighted by molar-refractivity contribution is 7.99. The lowest BCUT2D eigenvalue weighted by molar-refractivity contribution is -0.384. The first-order chi connectivity index (χ1) is 15.0. The number of rotatable bonds is 9. The number of carbonyl (C=O) groups excluding carboxylic acids is 1. The van der Waals surface area contributed by atoms with Crippen LogP contribution in [0.5, 0.6) is 5.75 Å². The zero-order valence-electron chi connectivity index (χ0n) is 16.3.